The number of amides is 2. The molecule has 0 spiro atoms. The third kappa shape index (κ3) is 3.57. The van der Waals surface area contributed by atoms with Crippen LogP contribution in [0, 0.1) is 12.8 Å². The fourth-order valence-corrected chi connectivity index (χ4v) is 5.05. The second-order valence-corrected chi connectivity index (χ2v) is 8.88. The fourth-order valence-electron chi connectivity index (χ4n) is 5.05. The summed E-state index contributed by atoms with van der Waals surface area (Å²) in [6.45, 7) is 3.69. The highest BCUT2D eigenvalue weighted by Gasteiger charge is 2.40. The molecule has 0 radical (unpaired) electrons. The third-order valence-corrected chi connectivity index (χ3v) is 6.90. The lowest BCUT2D eigenvalue weighted by Gasteiger charge is -2.44. The van der Waals surface area contributed by atoms with Gasteiger partial charge in [0.15, 0.2) is 0 Å². The fraction of sp³-hybridized carbons (Fsp3) is 0.440. The number of piperazine rings is 1. The summed E-state index contributed by atoms with van der Waals surface area (Å²) >= 11 is 0. The molecule has 3 aliphatic rings. The Morgan fingerprint density at radius 3 is 2.62 bits per heavy atom. The highest BCUT2D eigenvalue weighted by Crippen LogP contribution is 2.45. The SMILES string of the molecule is Cc1ccc(C(CC(=O)N2CC(=O)N3CCc4ccccc4C3C2)C2CC2)cc1. The molecule has 29 heavy (non-hydrogen) atoms. The van der Waals surface area contributed by atoms with Gasteiger partial charge in [-0.05, 0) is 54.7 Å². The molecule has 4 nitrogen and oxygen atoms in total. The van der Waals surface area contributed by atoms with E-state index in [1.165, 1.54) is 35.1 Å². The number of hydrogen-bond acceptors (Lipinski definition) is 2. The molecule has 1 saturated carbocycles. The number of carbonyl (C=O) groups is 2. The zero-order chi connectivity index (χ0) is 20.0. The van der Waals surface area contributed by atoms with Gasteiger partial charge in [0.1, 0.15) is 0 Å². The maximum absolute atomic E-state index is 13.3. The molecule has 2 atom stereocenters. The Kier molecular flexibility index (Phi) is 4.65. The highest BCUT2D eigenvalue weighted by atomic mass is 16.2. The minimum absolute atomic E-state index is 0.00361. The van der Waals surface area contributed by atoms with Crippen LogP contribution in [0.3, 0.4) is 0 Å². The maximum Gasteiger partial charge on any atom is 0.242 e. The third-order valence-electron chi connectivity index (χ3n) is 6.90. The Bertz CT molecular complexity index is 932. The number of nitrogens with zero attached hydrogens (tertiary/aromatic N) is 2. The molecule has 2 aromatic carbocycles. The van der Waals surface area contributed by atoms with Gasteiger partial charge in [0.2, 0.25) is 11.8 Å². The van der Waals surface area contributed by atoms with Crippen molar-refractivity contribution in [1.29, 1.82) is 0 Å². The van der Waals surface area contributed by atoms with Crippen molar-refractivity contribution >= 4 is 11.8 Å². The maximum atomic E-state index is 13.3. The van der Waals surface area contributed by atoms with E-state index in [0.717, 1.165) is 13.0 Å². The van der Waals surface area contributed by atoms with Crippen molar-refractivity contribution < 1.29 is 9.59 Å². The van der Waals surface area contributed by atoms with Crippen molar-refractivity contribution in [3.05, 3.63) is 70.8 Å². The highest BCUT2D eigenvalue weighted by molar-refractivity contribution is 5.87. The summed E-state index contributed by atoms with van der Waals surface area (Å²) in [7, 11) is 0. The molecule has 2 unspecified atom stereocenters. The van der Waals surface area contributed by atoms with E-state index in [2.05, 4.69) is 49.4 Å². The number of hydrogen-bond donors (Lipinski definition) is 0. The molecule has 2 aromatic rings. The van der Waals surface area contributed by atoms with Crippen LogP contribution in [0.15, 0.2) is 48.5 Å². The Morgan fingerprint density at radius 1 is 1.10 bits per heavy atom. The van der Waals surface area contributed by atoms with E-state index < -0.39 is 0 Å². The van der Waals surface area contributed by atoms with Gasteiger partial charge < -0.3 is 9.80 Å². The first-order valence-electron chi connectivity index (χ1n) is 10.8. The van der Waals surface area contributed by atoms with Gasteiger partial charge in [-0.1, -0.05) is 54.1 Å². The van der Waals surface area contributed by atoms with Crippen LogP contribution in [0.2, 0.25) is 0 Å². The molecule has 2 aliphatic heterocycles. The van der Waals surface area contributed by atoms with E-state index in [1.54, 1.807) is 0 Å². The van der Waals surface area contributed by atoms with Crippen LogP contribution in [0.5, 0.6) is 0 Å². The van der Waals surface area contributed by atoms with Crippen molar-refractivity contribution in [1.82, 2.24) is 9.80 Å². The molecular weight excluding hydrogens is 360 g/mol. The Hall–Kier alpha value is -2.62. The van der Waals surface area contributed by atoms with Crippen molar-refractivity contribution in [2.24, 2.45) is 5.92 Å². The molecule has 2 heterocycles. The zero-order valence-electron chi connectivity index (χ0n) is 17.0. The van der Waals surface area contributed by atoms with Gasteiger partial charge in [0.05, 0.1) is 12.6 Å². The number of aryl methyl sites for hydroxylation is 1. The number of carbonyl (C=O) groups excluding carboxylic acids is 2. The van der Waals surface area contributed by atoms with Gasteiger partial charge in [-0.2, -0.15) is 0 Å². The average Bonchev–Trinajstić information content (AvgIpc) is 3.57. The lowest BCUT2D eigenvalue weighted by Crippen LogP contribution is -2.55. The minimum atomic E-state index is 0.00361. The molecule has 0 aromatic heterocycles. The second-order valence-electron chi connectivity index (χ2n) is 8.88. The zero-order valence-corrected chi connectivity index (χ0v) is 17.0. The second kappa shape index (κ2) is 7.33. The Balaban J connectivity index is 1.35. The Morgan fingerprint density at radius 2 is 1.86 bits per heavy atom. The summed E-state index contributed by atoms with van der Waals surface area (Å²) in [5.41, 5.74) is 5.03. The van der Waals surface area contributed by atoms with E-state index in [4.69, 9.17) is 0 Å². The molecule has 5 rings (SSSR count). The van der Waals surface area contributed by atoms with Crippen LogP contribution < -0.4 is 0 Å². The molecule has 1 aliphatic carbocycles. The number of fused-ring (bicyclic) bond motifs is 3. The summed E-state index contributed by atoms with van der Waals surface area (Å²) in [5, 5.41) is 0. The van der Waals surface area contributed by atoms with Gasteiger partial charge >= 0.3 is 0 Å². The molecule has 2 fully saturated rings. The lowest BCUT2D eigenvalue weighted by molar-refractivity contribution is -0.149. The van der Waals surface area contributed by atoms with Gasteiger partial charge in [0, 0.05) is 19.5 Å². The van der Waals surface area contributed by atoms with Crippen LogP contribution in [-0.4, -0.2) is 41.2 Å². The normalized spacial score (nSPS) is 22.1. The van der Waals surface area contributed by atoms with Crippen LogP contribution in [-0.2, 0) is 16.0 Å². The average molecular weight is 389 g/mol. The summed E-state index contributed by atoms with van der Waals surface area (Å²) in [6, 6.07) is 17.0. The van der Waals surface area contributed by atoms with Crippen LogP contribution in [0.1, 0.15) is 53.5 Å². The largest absolute Gasteiger partial charge is 0.332 e. The van der Waals surface area contributed by atoms with E-state index in [-0.39, 0.29) is 30.3 Å². The van der Waals surface area contributed by atoms with Crippen molar-refractivity contribution in [2.75, 3.05) is 19.6 Å². The number of benzene rings is 2. The predicted octanol–water partition coefficient (Wildman–Crippen LogP) is 3.85. The van der Waals surface area contributed by atoms with E-state index in [9.17, 15) is 9.59 Å². The molecule has 0 N–H and O–H groups in total. The van der Waals surface area contributed by atoms with Gasteiger partial charge in [-0.3, -0.25) is 9.59 Å². The monoisotopic (exact) mass is 388 g/mol. The topological polar surface area (TPSA) is 40.6 Å². The van der Waals surface area contributed by atoms with Crippen molar-refractivity contribution in [3.63, 3.8) is 0 Å². The smallest absolute Gasteiger partial charge is 0.242 e. The molecule has 4 heteroatoms. The van der Waals surface area contributed by atoms with Crippen molar-refractivity contribution in [2.45, 2.75) is 44.6 Å². The van der Waals surface area contributed by atoms with Crippen molar-refractivity contribution in [3.8, 4) is 0 Å². The molecule has 0 bridgehead atoms. The van der Waals surface area contributed by atoms with Gasteiger partial charge in [-0.25, -0.2) is 0 Å². The predicted molar refractivity (Wildman–Crippen MR) is 112 cm³/mol. The lowest BCUT2D eigenvalue weighted by atomic mass is 9.88. The summed E-state index contributed by atoms with van der Waals surface area (Å²) in [6.07, 6.45) is 3.82. The van der Waals surface area contributed by atoms with E-state index in [0.29, 0.717) is 18.9 Å². The molecular formula is C25H28N2O2. The quantitative estimate of drug-likeness (QED) is 0.798. The molecule has 2 amide bonds. The first-order valence-corrected chi connectivity index (χ1v) is 10.8. The summed E-state index contributed by atoms with van der Waals surface area (Å²) in [5.74, 6) is 1.09. The minimum Gasteiger partial charge on any atom is -0.332 e. The van der Waals surface area contributed by atoms with Gasteiger partial charge in [-0.15, -0.1) is 0 Å². The molecule has 1 saturated heterocycles. The van der Waals surface area contributed by atoms with E-state index in [1.807, 2.05) is 15.9 Å². The first kappa shape index (κ1) is 18.4. The molecule has 150 valence electrons. The van der Waals surface area contributed by atoms with Gasteiger partial charge in [0.25, 0.3) is 0 Å². The number of rotatable bonds is 4. The van der Waals surface area contributed by atoms with Crippen LogP contribution in [0.4, 0.5) is 0 Å². The summed E-state index contributed by atoms with van der Waals surface area (Å²) in [4.78, 5) is 29.9. The van der Waals surface area contributed by atoms with E-state index >= 15 is 0 Å². The first-order chi connectivity index (χ1) is 14.1. The summed E-state index contributed by atoms with van der Waals surface area (Å²) < 4.78 is 0. The Labute approximate surface area is 172 Å². The van der Waals surface area contributed by atoms with Crippen LogP contribution in [0.25, 0.3) is 0 Å². The van der Waals surface area contributed by atoms with Crippen LogP contribution >= 0.6 is 0 Å². The standard InChI is InChI=1S/C25H28N2O2/c1-17-6-8-19(9-7-17)22(20-10-11-20)14-24(28)26-15-23-21-5-3-2-4-18(21)12-13-27(23)25(29)16-26/h2-9,20,22-23H,10-16H2,1H3.